The van der Waals surface area contributed by atoms with Crippen LogP contribution >= 0.6 is 0 Å². The highest BCUT2D eigenvalue weighted by molar-refractivity contribution is 5.83. The summed E-state index contributed by atoms with van der Waals surface area (Å²) in [7, 11) is 0. The van der Waals surface area contributed by atoms with Crippen LogP contribution in [-0.4, -0.2) is 24.1 Å². The van der Waals surface area contributed by atoms with Crippen molar-refractivity contribution in [3.05, 3.63) is 35.9 Å². The second kappa shape index (κ2) is 7.89. The van der Waals surface area contributed by atoms with Crippen LogP contribution in [0.15, 0.2) is 30.3 Å². The van der Waals surface area contributed by atoms with Crippen LogP contribution in [0.2, 0.25) is 0 Å². The van der Waals surface area contributed by atoms with E-state index in [0.717, 1.165) is 17.9 Å². The Kier molecular flexibility index (Phi) is 5.61. The summed E-state index contributed by atoms with van der Waals surface area (Å²) in [5.74, 6) is 0.923. The Morgan fingerprint density at radius 2 is 1.92 bits per heavy atom. The third-order valence-electron chi connectivity index (χ3n) is 5.44. The van der Waals surface area contributed by atoms with Crippen molar-refractivity contribution < 1.29 is 14.3 Å². The maximum Gasteiger partial charge on any atom is 0.329 e. The van der Waals surface area contributed by atoms with E-state index in [1.807, 2.05) is 44.2 Å². The number of esters is 1. The smallest absolute Gasteiger partial charge is 0.329 e. The normalized spacial score (nSPS) is 25.6. The molecule has 2 saturated carbocycles. The molecule has 2 aliphatic rings. The largest absolute Gasteiger partial charge is 0.461 e. The molecule has 0 aromatic heterocycles. The Bertz CT molecular complexity index is 602. The Labute approximate surface area is 149 Å². The van der Waals surface area contributed by atoms with Gasteiger partial charge in [-0.2, -0.15) is 0 Å². The first-order valence-electron chi connectivity index (χ1n) is 9.31. The number of hydrogen-bond acceptors (Lipinski definition) is 3. The van der Waals surface area contributed by atoms with Gasteiger partial charge in [0.1, 0.15) is 12.1 Å². The molecule has 1 aromatic carbocycles. The van der Waals surface area contributed by atoms with Crippen molar-refractivity contribution in [3.8, 4) is 0 Å². The van der Waals surface area contributed by atoms with Gasteiger partial charge in [0, 0.05) is 6.54 Å². The predicted octanol–water partition coefficient (Wildman–Crippen LogP) is 3.24. The van der Waals surface area contributed by atoms with Crippen LogP contribution < -0.4 is 10.6 Å². The maximum absolute atomic E-state index is 12.6. The first-order valence-corrected chi connectivity index (χ1v) is 9.31. The minimum absolute atomic E-state index is 0.0198. The monoisotopic (exact) mass is 344 g/mol. The molecule has 0 heterocycles. The van der Waals surface area contributed by atoms with E-state index < -0.39 is 6.04 Å². The van der Waals surface area contributed by atoms with Crippen LogP contribution in [0.3, 0.4) is 0 Å². The second-order valence-corrected chi connectivity index (χ2v) is 7.68. The second-order valence-electron chi connectivity index (χ2n) is 7.68. The molecule has 5 nitrogen and oxygen atoms in total. The number of carbonyl (C=O) groups is 2. The van der Waals surface area contributed by atoms with E-state index in [0.29, 0.717) is 12.5 Å². The highest BCUT2D eigenvalue weighted by Gasteiger charge is 2.42. The molecule has 0 saturated heterocycles. The van der Waals surface area contributed by atoms with Gasteiger partial charge in [0.15, 0.2) is 0 Å². The standard InChI is InChI=1S/C20H28N2O3/c1-13(2)18(19(23)25-17-11-15-8-9-16(17)10-15)22-20(24)21-12-14-6-4-3-5-7-14/h3-7,13,15-18H,8-12H2,1-2H3,(H2,21,22,24)/t15-,16-,17-,18+/m0/s1. The van der Waals surface area contributed by atoms with E-state index in [9.17, 15) is 9.59 Å². The average Bonchev–Trinajstić information content (AvgIpc) is 3.21. The lowest BCUT2D eigenvalue weighted by Gasteiger charge is -2.26. The van der Waals surface area contributed by atoms with E-state index in [1.165, 1.54) is 19.3 Å². The molecule has 3 rings (SSSR count). The first kappa shape index (κ1) is 17.8. The molecule has 4 atom stereocenters. The molecule has 2 amide bonds. The first-order chi connectivity index (χ1) is 12.0. The molecule has 2 aliphatic carbocycles. The molecule has 0 spiro atoms. The summed E-state index contributed by atoms with van der Waals surface area (Å²) in [4.78, 5) is 24.7. The molecule has 0 radical (unpaired) electrons. The van der Waals surface area contributed by atoms with E-state index in [1.54, 1.807) is 0 Å². The van der Waals surface area contributed by atoms with Crippen LogP contribution in [-0.2, 0) is 16.1 Å². The van der Waals surface area contributed by atoms with Crippen molar-refractivity contribution in [3.63, 3.8) is 0 Å². The van der Waals surface area contributed by atoms with Gasteiger partial charge in [-0.1, -0.05) is 44.2 Å². The van der Waals surface area contributed by atoms with Gasteiger partial charge < -0.3 is 15.4 Å². The highest BCUT2D eigenvalue weighted by Crippen LogP contribution is 2.46. The van der Waals surface area contributed by atoms with Gasteiger partial charge in [-0.15, -0.1) is 0 Å². The Balaban J connectivity index is 1.50. The molecular formula is C20H28N2O3. The van der Waals surface area contributed by atoms with E-state index in [2.05, 4.69) is 10.6 Å². The van der Waals surface area contributed by atoms with E-state index in [4.69, 9.17) is 4.74 Å². The summed E-state index contributed by atoms with van der Waals surface area (Å²) in [6.07, 6.45) is 4.66. The summed E-state index contributed by atoms with van der Waals surface area (Å²) in [6.45, 7) is 4.27. The van der Waals surface area contributed by atoms with Crippen molar-refractivity contribution in [2.75, 3.05) is 0 Å². The number of nitrogens with one attached hydrogen (secondary N) is 2. The van der Waals surface area contributed by atoms with Crippen LogP contribution in [0, 0.1) is 17.8 Å². The Morgan fingerprint density at radius 1 is 1.16 bits per heavy atom. The molecule has 2 fully saturated rings. The minimum atomic E-state index is -0.616. The van der Waals surface area contributed by atoms with Gasteiger partial charge in [-0.25, -0.2) is 9.59 Å². The zero-order valence-corrected chi connectivity index (χ0v) is 15.0. The van der Waals surface area contributed by atoms with Gasteiger partial charge >= 0.3 is 12.0 Å². The summed E-state index contributed by atoms with van der Waals surface area (Å²) in [5.41, 5.74) is 1.02. The molecule has 5 heteroatoms. The SMILES string of the molecule is CC(C)[C@@H](NC(=O)NCc1ccccc1)C(=O)O[C@H]1C[C@H]2CC[C@H]1C2. The number of amides is 2. The van der Waals surface area contributed by atoms with Crippen LogP contribution in [0.5, 0.6) is 0 Å². The van der Waals surface area contributed by atoms with Crippen LogP contribution in [0.1, 0.15) is 45.1 Å². The number of ether oxygens (including phenoxy) is 1. The van der Waals surface area contributed by atoms with Crippen molar-refractivity contribution in [2.24, 2.45) is 17.8 Å². The van der Waals surface area contributed by atoms with Crippen LogP contribution in [0.25, 0.3) is 0 Å². The van der Waals surface area contributed by atoms with Crippen molar-refractivity contribution in [2.45, 2.75) is 58.2 Å². The summed E-state index contributed by atoms with van der Waals surface area (Å²) >= 11 is 0. The number of hydrogen-bond donors (Lipinski definition) is 2. The number of urea groups is 1. The molecule has 1 aromatic rings. The maximum atomic E-state index is 12.6. The molecule has 2 N–H and O–H groups in total. The zero-order chi connectivity index (χ0) is 17.8. The summed E-state index contributed by atoms with van der Waals surface area (Å²) in [5, 5.41) is 5.58. The number of benzene rings is 1. The van der Waals surface area contributed by atoms with E-state index in [-0.39, 0.29) is 24.0 Å². The van der Waals surface area contributed by atoms with Crippen molar-refractivity contribution in [1.29, 1.82) is 0 Å². The summed E-state index contributed by atoms with van der Waals surface area (Å²) < 4.78 is 5.75. The Morgan fingerprint density at radius 3 is 2.52 bits per heavy atom. The third kappa shape index (κ3) is 4.53. The number of carbonyl (C=O) groups excluding carboxylic acids is 2. The predicted molar refractivity (Wildman–Crippen MR) is 95.8 cm³/mol. The zero-order valence-electron chi connectivity index (χ0n) is 15.0. The van der Waals surface area contributed by atoms with E-state index >= 15 is 0 Å². The average molecular weight is 344 g/mol. The quantitative estimate of drug-likeness (QED) is 0.779. The third-order valence-corrected chi connectivity index (χ3v) is 5.44. The number of rotatable bonds is 6. The van der Waals surface area contributed by atoms with Crippen molar-refractivity contribution in [1.82, 2.24) is 10.6 Å². The van der Waals surface area contributed by atoms with Gasteiger partial charge in [0.2, 0.25) is 0 Å². The lowest BCUT2D eigenvalue weighted by atomic mass is 9.97. The fourth-order valence-electron chi connectivity index (χ4n) is 4.02. The fourth-order valence-corrected chi connectivity index (χ4v) is 4.02. The summed E-state index contributed by atoms with van der Waals surface area (Å²) in [6, 6.07) is 8.73. The highest BCUT2D eigenvalue weighted by atomic mass is 16.5. The fraction of sp³-hybridized carbons (Fsp3) is 0.600. The number of fused-ring (bicyclic) bond motifs is 2. The molecule has 136 valence electrons. The molecule has 0 aliphatic heterocycles. The van der Waals surface area contributed by atoms with Gasteiger partial charge in [0.05, 0.1) is 0 Å². The van der Waals surface area contributed by atoms with Gasteiger partial charge in [0.25, 0.3) is 0 Å². The minimum Gasteiger partial charge on any atom is -0.461 e. The molecule has 2 bridgehead atoms. The molecule has 25 heavy (non-hydrogen) atoms. The van der Waals surface area contributed by atoms with Crippen molar-refractivity contribution >= 4 is 12.0 Å². The molecular weight excluding hydrogens is 316 g/mol. The van der Waals surface area contributed by atoms with Crippen LogP contribution in [0.4, 0.5) is 4.79 Å². The molecule has 0 unspecified atom stereocenters. The Hall–Kier alpha value is -2.04. The van der Waals surface area contributed by atoms with Gasteiger partial charge in [-0.05, 0) is 49.0 Å². The lowest BCUT2D eigenvalue weighted by molar-refractivity contribution is -0.155. The lowest BCUT2D eigenvalue weighted by Crippen LogP contribution is -2.50. The topological polar surface area (TPSA) is 67.4 Å². The van der Waals surface area contributed by atoms with Gasteiger partial charge in [-0.3, -0.25) is 0 Å².